The molecular weight excluding hydrogens is 210 g/mol. The first-order valence-electron chi connectivity index (χ1n) is 5.85. The zero-order chi connectivity index (χ0) is 11.3. The molecule has 1 aliphatic carbocycles. The summed E-state index contributed by atoms with van der Waals surface area (Å²) >= 11 is 0. The lowest BCUT2D eigenvalue weighted by molar-refractivity contribution is 0.0911. The van der Waals surface area contributed by atoms with Crippen molar-refractivity contribution in [2.45, 2.75) is 56.4 Å². The Hall–Kier alpha value is 0.0700. The van der Waals surface area contributed by atoms with Crippen molar-refractivity contribution in [3.8, 4) is 0 Å². The lowest BCUT2D eigenvalue weighted by atomic mass is 9.92. The minimum Gasteiger partial charge on any atom is -0.392 e. The molecule has 1 rings (SSSR count). The molecule has 0 heterocycles. The van der Waals surface area contributed by atoms with Crippen molar-refractivity contribution in [2.24, 2.45) is 0 Å². The zero-order valence-corrected chi connectivity index (χ0v) is 10.6. The molecular formula is C11H23NO2S. The van der Waals surface area contributed by atoms with Gasteiger partial charge in [-0.25, -0.2) is 0 Å². The van der Waals surface area contributed by atoms with Gasteiger partial charge < -0.3 is 10.4 Å². The Labute approximate surface area is 95.1 Å². The number of aliphatic hydroxyl groups is 1. The van der Waals surface area contributed by atoms with E-state index in [-0.39, 0.29) is 17.4 Å². The Morgan fingerprint density at radius 2 is 2.13 bits per heavy atom. The van der Waals surface area contributed by atoms with Crippen molar-refractivity contribution in [1.82, 2.24) is 5.32 Å². The maximum absolute atomic E-state index is 11.1. The molecule has 0 aliphatic heterocycles. The van der Waals surface area contributed by atoms with Crippen LogP contribution in [0.4, 0.5) is 0 Å². The second kappa shape index (κ2) is 6.61. The smallest absolute Gasteiger partial charge is 0.0693 e. The van der Waals surface area contributed by atoms with E-state index in [1.165, 1.54) is 6.42 Å². The largest absolute Gasteiger partial charge is 0.392 e. The zero-order valence-electron chi connectivity index (χ0n) is 9.74. The molecule has 3 nitrogen and oxygen atoms in total. The minimum absolute atomic E-state index is 0.179. The van der Waals surface area contributed by atoms with Gasteiger partial charge in [-0.1, -0.05) is 19.8 Å². The second-order valence-electron chi connectivity index (χ2n) is 4.51. The molecule has 1 saturated carbocycles. The average molecular weight is 233 g/mol. The Morgan fingerprint density at radius 1 is 1.47 bits per heavy atom. The lowest BCUT2D eigenvalue weighted by Crippen LogP contribution is -2.43. The molecule has 2 unspecified atom stereocenters. The average Bonchev–Trinajstić information content (AvgIpc) is 2.20. The number of rotatable bonds is 5. The summed E-state index contributed by atoms with van der Waals surface area (Å²) in [5.41, 5.74) is 0. The highest BCUT2D eigenvalue weighted by molar-refractivity contribution is 7.84. The van der Waals surface area contributed by atoms with Gasteiger partial charge in [0.05, 0.1) is 6.10 Å². The van der Waals surface area contributed by atoms with Gasteiger partial charge in [0, 0.05) is 28.3 Å². The van der Waals surface area contributed by atoms with Crippen LogP contribution in [-0.2, 0) is 10.8 Å². The van der Waals surface area contributed by atoms with Crippen molar-refractivity contribution >= 4 is 10.8 Å². The van der Waals surface area contributed by atoms with E-state index in [2.05, 4.69) is 5.32 Å². The van der Waals surface area contributed by atoms with Crippen molar-refractivity contribution in [2.75, 3.05) is 12.8 Å². The molecule has 90 valence electrons. The van der Waals surface area contributed by atoms with Gasteiger partial charge in [-0.15, -0.1) is 0 Å². The standard InChI is InChI=1S/C11H23NO2S/c1-9(15(2)14)7-8-12-10-5-3-4-6-11(10)13/h9-13H,3-8H2,1-2H3/t9?,10-,11-,15?/m0/s1. The van der Waals surface area contributed by atoms with Crippen LogP contribution in [0.15, 0.2) is 0 Å². The van der Waals surface area contributed by atoms with Gasteiger partial charge >= 0.3 is 0 Å². The van der Waals surface area contributed by atoms with Crippen molar-refractivity contribution in [1.29, 1.82) is 0 Å². The fourth-order valence-electron chi connectivity index (χ4n) is 1.99. The van der Waals surface area contributed by atoms with E-state index >= 15 is 0 Å². The summed E-state index contributed by atoms with van der Waals surface area (Å²) in [4.78, 5) is 0. The molecule has 0 aromatic heterocycles. The Bertz CT molecular complexity index is 211. The summed E-state index contributed by atoms with van der Waals surface area (Å²) in [6.07, 6.45) is 6.85. The summed E-state index contributed by atoms with van der Waals surface area (Å²) in [6, 6.07) is 0.260. The van der Waals surface area contributed by atoms with E-state index in [1.54, 1.807) is 6.26 Å². The summed E-state index contributed by atoms with van der Waals surface area (Å²) in [6.45, 7) is 2.87. The number of hydrogen-bond acceptors (Lipinski definition) is 3. The van der Waals surface area contributed by atoms with Gasteiger partial charge in [0.15, 0.2) is 0 Å². The van der Waals surface area contributed by atoms with Gasteiger partial charge in [-0.2, -0.15) is 0 Å². The third kappa shape index (κ3) is 4.62. The van der Waals surface area contributed by atoms with Crippen molar-refractivity contribution < 1.29 is 9.32 Å². The molecule has 0 radical (unpaired) electrons. The van der Waals surface area contributed by atoms with Gasteiger partial charge in [0.25, 0.3) is 0 Å². The van der Waals surface area contributed by atoms with Crippen LogP contribution in [0.1, 0.15) is 39.0 Å². The molecule has 2 N–H and O–H groups in total. The predicted molar refractivity (Wildman–Crippen MR) is 64.4 cm³/mol. The molecule has 0 aromatic carbocycles. The highest BCUT2D eigenvalue weighted by atomic mass is 32.2. The monoisotopic (exact) mass is 233 g/mol. The van der Waals surface area contributed by atoms with Gasteiger partial charge in [-0.3, -0.25) is 4.21 Å². The molecule has 0 amide bonds. The molecule has 1 fully saturated rings. The third-order valence-corrected chi connectivity index (χ3v) is 4.62. The van der Waals surface area contributed by atoms with E-state index in [9.17, 15) is 9.32 Å². The van der Waals surface area contributed by atoms with E-state index in [0.717, 1.165) is 32.2 Å². The van der Waals surface area contributed by atoms with Gasteiger partial charge in [0.2, 0.25) is 0 Å². The van der Waals surface area contributed by atoms with Gasteiger partial charge in [0.1, 0.15) is 0 Å². The molecule has 4 heteroatoms. The first-order valence-corrected chi connectivity index (χ1v) is 7.47. The van der Waals surface area contributed by atoms with Crippen LogP contribution >= 0.6 is 0 Å². The normalized spacial score (nSPS) is 31.1. The van der Waals surface area contributed by atoms with Crippen LogP contribution in [0.2, 0.25) is 0 Å². The topological polar surface area (TPSA) is 49.3 Å². The van der Waals surface area contributed by atoms with E-state index < -0.39 is 10.8 Å². The summed E-state index contributed by atoms with van der Waals surface area (Å²) in [5, 5.41) is 13.3. The first-order chi connectivity index (χ1) is 7.11. The highest BCUT2D eigenvalue weighted by Gasteiger charge is 2.22. The molecule has 15 heavy (non-hydrogen) atoms. The summed E-state index contributed by atoms with van der Waals surface area (Å²) in [7, 11) is -0.728. The van der Waals surface area contributed by atoms with Gasteiger partial charge in [-0.05, 0) is 25.8 Å². The summed E-state index contributed by atoms with van der Waals surface area (Å²) in [5.74, 6) is 0. The summed E-state index contributed by atoms with van der Waals surface area (Å²) < 4.78 is 11.1. The fourth-order valence-corrected chi connectivity index (χ4v) is 2.44. The minimum atomic E-state index is -0.728. The Morgan fingerprint density at radius 3 is 2.73 bits per heavy atom. The molecule has 0 spiro atoms. The quantitative estimate of drug-likeness (QED) is 0.746. The molecule has 1 aliphatic rings. The molecule has 0 saturated heterocycles. The number of aliphatic hydroxyl groups excluding tert-OH is 1. The third-order valence-electron chi connectivity index (χ3n) is 3.25. The van der Waals surface area contributed by atoms with Crippen molar-refractivity contribution in [3.63, 3.8) is 0 Å². The van der Waals surface area contributed by atoms with Crippen LogP contribution in [0.25, 0.3) is 0 Å². The van der Waals surface area contributed by atoms with Crippen LogP contribution in [0.5, 0.6) is 0 Å². The Balaban J connectivity index is 2.16. The number of hydrogen-bond donors (Lipinski definition) is 2. The van der Waals surface area contributed by atoms with E-state index in [1.807, 2.05) is 6.92 Å². The van der Waals surface area contributed by atoms with Crippen LogP contribution in [0.3, 0.4) is 0 Å². The van der Waals surface area contributed by atoms with Crippen LogP contribution in [-0.4, -0.2) is 39.5 Å². The fraction of sp³-hybridized carbons (Fsp3) is 1.00. The molecule has 4 atom stereocenters. The SMILES string of the molecule is CC(CCN[C@H]1CCCC[C@@H]1O)S(C)=O. The second-order valence-corrected chi connectivity index (χ2v) is 6.31. The van der Waals surface area contributed by atoms with E-state index in [4.69, 9.17) is 0 Å². The highest BCUT2D eigenvalue weighted by Crippen LogP contribution is 2.18. The molecule has 0 bridgehead atoms. The molecule has 0 aromatic rings. The first kappa shape index (κ1) is 13.1. The van der Waals surface area contributed by atoms with E-state index in [0.29, 0.717) is 0 Å². The maximum atomic E-state index is 11.1. The van der Waals surface area contributed by atoms with Crippen molar-refractivity contribution in [3.05, 3.63) is 0 Å². The predicted octanol–water partition coefficient (Wildman–Crippen LogP) is 1.04. The van der Waals surface area contributed by atoms with Crippen LogP contribution < -0.4 is 5.32 Å². The Kier molecular flexibility index (Phi) is 5.79. The van der Waals surface area contributed by atoms with Crippen LogP contribution in [0, 0.1) is 0 Å². The maximum Gasteiger partial charge on any atom is 0.0693 e. The number of nitrogens with one attached hydrogen (secondary N) is 1. The lowest BCUT2D eigenvalue weighted by Gasteiger charge is -2.28.